The van der Waals surface area contributed by atoms with Gasteiger partial charge in [0, 0.05) is 12.5 Å². The number of hydrogen-bond acceptors (Lipinski definition) is 4. The van der Waals surface area contributed by atoms with E-state index in [9.17, 15) is 9.59 Å². The molecule has 6 heteroatoms. The van der Waals surface area contributed by atoms with E-state index in [0.717, 1.165) is 36.0 Å². The Morgan fingerprint density at radius 2 is 1.80 bits per heavy atom. The Morgan fingerprint density at radius 1 is 1.07 bits per heavy atom. The maximum atomic E-state index is 13.4. The number of ether oxygens (including phenoxy) is 2. The summed E-state index contributed by atoms with van der Waals surface area (Å²) in [7, 11) is 3.18. The first kappa shape index (κ1) is 20.3. The molecule has 4 rings (SSSR count). The first-order chi connectivity index (χ1) is 14.5. The molecule has 0 saturated heterocycles. The van der Waals surface area contributed by atoms with Gasteiger partial charge >= 0.3 is 0 Å². The summed E-state index contributed by atoms with van der Waals surface area (Å²) in [5.41, 5.74) is 2.97. The van der Waals surface area contributed by atoms with Crippen LogP contribution in [0.3, 0.4) is 0 Å². The number of amides is 2. The number of nitrogens with one attached hydrogen (secondary N) is 1. The van der Waals surface area contributed by atoms with Crippen LogP contribution in [-0.2, 0) is 16.0 Å². The van der Waals surface area contributed by atoms with E-state index in [2.05, 4.69) is 5.32 Å². The van der Waals surface area contributed by atoms with Gasteiger partial charge in [0.2, 0.25) is 11.8 Å². The van der Waals surface area contributed by atoms with Gasteiger partial charge in [0.05, 0.1) is 20.3 Å². The van der Waals surface area contributed by atoms with Crippen molar-refractivity contribution in [3.63, 3.8) is 0 Å². The Bertz CT molecular complexity index is 954. The quantitative estimate of drug-likeness (QED) is 0.795. The number of nitrogens with zero attached hydrogens (tertiary/aromatic N) is 1. The van der Waals surface area contributed by atoms with Gasteiger partial charge in [-0.2, -0.15) is 0 Å². The number of benzene rings is 2. The van der Waals surface area contributed by atoms with Crippen LogP contribution in [0.5, 0.6) is 11.5 Å². The summed E-state index contributed by atoms with van der Waals surface area (Å²) < 4.78 is 10.7. The summed E-state index contributed by atoms with van der Waals surface area (Å²) in [5, 5.41) is 3.11. The maximum Gasteiger partial charge on any atom is 0.247 e. The van der Waals surface area contributed by atoms with E-state index in [0.29, 0.717) is 18.0 Å². The second-order valence-electron chi connectivity index (χ2n) is 8.00. The molecule has 0 unspecified atom stereocenters. The third kappa shape index (κ3) is 3.86. The van der Waals surface area contributed by atoms with Crippen molar-refractivity contribution in [1.82, 2.24) is 10.2 Å². The molecule has 1 heterocycles. The van der Waals surface area contributed by atoms with Gasteiger partial charge in [0.1, 0.15) is 6.04 Å². The molecule has 1 fully saturated rings. The van der Waals surface area contributed by atoms with E-state index in [1.165, 1.54) is 0 Å². The van der Waals surface area contributed by atoms with Crippen molar-refractivity contribution in [2.75, 3.05) is 20.8 Å². The van der Waals surface area contributed by atoms with E-state index < -0.39 is 6.04 Å². The third-order valence-electron chi connectivity index (χ3n) is 6.01. The van der Waals surface area contributed by atoms with Crippen molar-refractivity contribution in [3.05, 3.63) is 59.2 Å². The summed E-state index contributed by atoms with van der Waals surface area (Å²) in [6, 6.07) is 12.7. The highest BCUT2D eigenvalue weighted by atomic mass is 16.5. The predicted molar refractivity (Wildman–Crippen MR) is 113 cm³/mol. The number of fused-ring (bicyclic) bond motifs is 1. The molecule has 2 aromatic carbocycles. The van der Waals surface area contributed by atoms with Crippen LogP contribution >= 0.6 is 0 Å². The maximum absolute atomic E-state index is 13.4. The lowest BCUT2D eigenvalue weighted by molar-refractivity contribution is -0.142. The molecule has 1 aliphatic carbocycles. The average Bonchev–Trinajstić information content (AvgIpc) is 3.62. The molecule has 2 aliphatic rings. The van der Waals surface area contributed by atoms with Crippen LogP contribution in [0.4, 0.5) is 0 Å². The minimum Gasteiger partial charge on any atom is -0.493 e. The zero-order chi connectivity index (χ0) is 21.3. The molecular formula is C24H28N2O4. The fourth-order valence-corrected chi connectivity index (χ4v) is 4.15. The van der Waals surface area contributed by atoms with Gasteiger partial charge in [-0.1, -0.05) is 30.3 Å². The van der Waals surface area contributed by atoms with E-state index >= 15 is 0 Å². The third-order valence-corrected chi connectivity index (χ3v) is 6.01. The van der Waals surface area contributed by atoms with E-state index in [-0.39, 0.29) is 23.8 Å². The summed E-state index contributed by atoms with van der Waals surface area (Å²) >= 11 is 0. The van der Waals surface area contributed by atoms with Crippen LogP contribution in [0.2, 0.25) is 0 Å². The lowest BCUT2D eigenvalue weighted by atomic mass is 9.91. The summed E-state index contributed by atoms with van der Waals surface area (Å²) in [6.45, 7) is 2.51. The fraction of sp³-hybridized carbons (Fsp3) is 0.417. The highest BCUT2D eigenvalue weighted by Crippen LogP contribution is 2.37. The van der Waals surface area contributed by atoms with Gasteiger partial charge in [-0.15, -0.1) is 0 Å². The normalized spacial score (nSPS) is 18.9. The van der Waals surface area contributed by atoms with Crippen molar-refractivity contribution in [2.24, 2.45) is 5.92 Å². The molecule has 1 N–H and O–H groups in total. The van der Waals surface area contributed by atoms with Gasteiger partial charge < -0.3 is 19.7 Å². The highest BCUT2D eigenvalue weighted by Gasteiger charge is 2.41. The number of methoxy groups -OCH3 is 2. The Morgan fingerprint density at radius 3 is 2.50 bits per heavy atom. The largest absolute Gasteiger partial charge is 0.493 e. The Balaban J connectivity index is 1.59. The molecule has 1 saturated carbocycles. The molecule has 158 valence electrons. The minimum absolute atomic E-state index is 0.0776. The topological polar surface area (TPSA) is 67.9 Å². The molecule has 0 spiro atoms. The van der Waals surface area contributed by atoms with Crippen molar-refractivity contribution < 1.29 is 19.1 Å². The molecule has 1 aliphatic heterocycles. The second-order valence-corrected chi connectivity index (χ2v) is 8.00. The second kappa shape index (κ2) is 8.38. The van der Waals surface area contributed by atoms with Gasteiger partial charge in [-0.3, -0.25) is 9.59 Å². The standard InChI is InChI=1S/C24H28N2O4/c1-15(18-10-11-20(29-2)21(14-18)30-3)25-23(27)22-19-7-5-4-6-16(19)12-13-26(22)24(28)17-8-9-17/h4-7,10-11,14-15,17,22H,8-9,12-13H2,1-3H3,(H,25,27)/t15-,22-/m0/s1. The molecule has 2 atom stereocenters. The molecule has 0 aromatic heterocycles. The zero-order valence-corrected chi connectivity index (χ0v) is 17.7. The van der Waals surface area contributed by atoms with Crippen molar-refractivity contribution in [1.29, 1.82) is 0 Å². The van der Waals surface area contributed by atoms with Gasteiger partial charge in [0.25, 0.3) is 0 Å². The molecule has 30 heavy (non-hydrogen) atoms. The average molecular weight is 408 g/mol. The van der Waals surface area contributed by atoms with E-state index in [1.54, 1.807) is 19.1 Å². The first-order valence-corrected chi connectivity index (χ1v) is 10.4. The zero-order valence-electron chi connectivity index (χ0n) is 17.7. The molecule has 6 nitrogen and oxygen atoms in total. The van der Waals surface area contributed by atoms with Crippen molar-refractivity contribution in [3.8, 4) is 11.5 Å². The number of rotatable bonds is 6. The van der Waals surface area contributed by atoms with Gasteiger partial charge in [0.15, 0.2) is 11.5 Å². The van der Waals surface area contributed by atoms with Gasteiger partial charge in [-0.25, -0.2) is 0 Å². The Labute approximate surface area is 177 Å². The van der Waals surface area contributed by atoms with Crippen molar-refractivity contribution in [2.45, 2.75) is 38.3 Å². The van der Waals surface area contributed by atoms with Crippen LogP contribution in [0.25, 0.3) is 0 Å². The van der Waals surface area contributed by atoms with Crippen LogP contribution in [-0.4, -0.2) is 37.5 Å². The number of carbonyl (C=O) groups excluding carboxylic acids is 2. The SMILES string of the molecule is COc1ccc([C@H](C)NC(=O)[C@@H]2c3ccccc3CCN2C(=O)C2CC2)cc1OC. The van der Waals surface area contributed by atoms with Crippen LogP contribution in [0.1, 0.15) is 48.5 Å². The monoisotopic (exact) mass is 408 g/mol. The fourth-order valence-electron chi connectivity index (χ4n) is 4.15. The molecule has 2 aromatic rings. The summed E-state index contributed by atoms with van der Waals surface area (Å²) in [6.07, 6.45) is 2.63. The summed E-state index contributed by atoms with van der Waals surface area (Å²) in [5.74, 6) is 1.28. The molecule has 2 amide bonds. The van der Waals surface area contributed by atoms with E-state index in [1.807, 2.05) is 49.4 Å². The van der Waals surface area contributed by atoms with Crippen LogP contribution in [0, 0.1) is 5.92 Å². The Hall–Kier alpha value is -3.02. The predicted octanol–water partition coefficient (Wildman–Crippen LogP) is 3.42. The van der Waals surface area contributed by atoms with E-state index in [4.69, 9.17) is 9.47 Å². The van der Waals surface area contributed by atoms with Crippen LogP contribution in [0.15, 0.2) is 42.5 Å². The molecule has 0 radical (unpaired) electrons. The number of carbonyl (C=O) groups is 2. The highest BCUT2D eigenvalue weighted by molar-refractivity contribution is 5.91. The first-order valence-electron chi connectivity index (χ1n) is 10.4. The number of hydrogen-bond donors (Lipinski definition) is 1. The van der Waals surface area contributed by atoms with Gasteiger partial charge in [-0.05, 0) is 55.0 Å². The van der Waals surface area contributed by atoms with Crippen LogP contribution < -0.4 is 14.8 Å². The Kier molecular flexibility index (Phi) is 5.66. The minimum atomic E-state index is -0.592. The molecular weight excluding hydrogens is 380 g/mol. The smallest absolute Gasteiger partial charge is 0.247 e. The molecule has 0 bridgehead atoms. The lowest BCUT2D eigenvalue weighted by Gasteiger charge is -2.37. The summed E-state index contributed by atoms with van der Waals surface area (Å²) in [4.78, 5) is 28.1. The lowest BCUT2D eigenvalue weighted by Crippen LogP contribution is -2.48. The van der Waals surface area contributed by atoms with Crippen molar-refractivity contribution >= 4 is 11.8 Å².